The van der Waals surface area contributed by atoms with Crippen molar-refractivity contribution in [3.8, 4) is 0 Å². The lowest BCUT2D eigenvalue weighted by Crippen LogP contribution is -2.23. The van der Waals surface area contributed by atoms with Crippen molar-refractivity contribution in [2.75, 3.05) is 6.61 Å². The van der Waals surface area contributed by atoms with Crippen molar-refractivity contribution in [2.24, 2.45) is 0 Å². The molecule has 0 aliphatic rings. The van der Waals surface area contributed by atoms with E-state index in [1.807, 2.05) is 19.9 Å². The molecule has 0 aromatic carbocycles. The Labute approximate surface area is 69.1 Å². The van der Waals surface area contributed by atoms with Crippen molar-refractivity contribution in [1.82, 2.24) is 0 Å². The Hall–Kier alpha value is -0.340. The summed E-state index contributed by atoms with van der Waals surface area (Å²) in [5, 5.41) is 0. The van der Waals surface area contributed by atoms with Gasteiger partial charge < -0.3 is 0 Å². The molecular formula is C9H18O2. The third-order valence-electron chi connectivity index (χ3n) is 1.54. The molecule has 2 nitrogen and oxygen atoms in total. The zero-order valence-corrected chi connectivity index (χ0v) is 7.72. The van der Waals surface area contributed by atoms with Crippen molar-refractivity contribution in [2.45, 2.75) is 39.2 Å². The average Bonchev–Trinajstić information content (AvgIpc) is 1.99. The molecule has 66 valence electrons. The molecule has 0 N–H and O–H groups in total. The second-order valence-corrected chi connectivity index (χ2v) is 3.10. The van der Waals surface area contributed by atoms with E-state index >= 15 is 0 Å². The van der Waals surface area contributed by atoms with Crippen LogP contribution in [-0.2, 0) is 9.78 Å². The molecule has 0 spiro atoms. The summed E-state index contributed by atoms with van der Waals surface area (Å²) in [7, 11) is 0. The Balaban J connectivity index is 3.29. The van der Waals surface area contributed by atoms with Gasteiger partial charge in [-0.25, -0.2) is 9.78 Å². The molecule has 0 rings (SSSR count). The van der Waals surface area contributed by atoms with Crippen LogP contribution >= 0.6 is 0 Å². The van der Waals surface area contributed by atoms with Gasteiger partial charge in [-0.15, -0.1) is 6.58 Å². The molecule has 0 aliphatic carbocycles. The first kappa shape index (κ1) is 10.7. The van der Waals surface area contributed by atoms with E-state index < -0.39 is 0 Å². The second kappa shape index (κ2) is 5.33. The van der Waals surface area contributed by atoms with Crippen LogP contribution in [-0.4, -0.2) is 12.2 Å². The first-order valence-corrected chi connectivity index (χ1v) is 4.04. The van der Waals surface area contributed by atoms with E-state index in [4.69, 9.17) is 9.78 Å². The molecule has 0 atom stereocenters. The minimum Gasteiger partial charge on any atom is -0.236 e. The second-order valence-electron chi connectivity index (χ2n) is 3.10. The van der Waals surface area contributed by atoms with Crippen LogP contribution in [0.5, 0.6) is 0 Å². The van der Waals surface area contributed by atoms with Gasteiger partial charge in [0.05, 0.1) is 12.2 Å². The van der Waals surface area contributed by atoms with Crippen LogP contribution in [0.1, 0.15) is 33.6 Å². The van der Waals surface area contributed by atoms with Gasteiger partial charge in [-0.3, -0.25) is 0 Å². The fourth-order valence-corrected chi connectivity index (χ4v) is 0.392. The van der Waals surface area contributed by atoms with Crippen LogP contribution in [0.15, 0.2) is 12.7 Å². The normalized spacial score (nSPS) is 11.5. The first-order chi connectivity index (χ1) is 5.12. The predicted molar refractivity (Wildman–Crippen MR) is 46.2 cm³/mol. The fourth-order valence-electron chi connectivity index (χ4n) is 0.392. The van der Waals surface area contributed by atoms with E-state index in [1.165, 1.54) is 0 Å². The van der Waals surface area contributed by atoms with E-state index in [2.05, 4.69) is 13.5 Å². The Bertz CT molecular complexity index is 108. The SMILES string of the molecule is C=CCCOOC(C)(C)CC. The molecule has 0 saturated carbocycles. The molecule has 11 heavy (non-hydrogen) atoms. The minimum atomic E-state index is -0.166. The van der Waals surface area contributed by atoms with Crippen LogP contribution in [0.25, 0.3) is 0 Å². The molecule has 0 bridgehead atoms. The third kappa shape index (κ3) is 6.07. The summed E-state index contributed by atoms with van der Waals surface area (Å²) >= 11 is 0. The van der Waals surface area contributed by atoms with Gasteiger partial charge in [0.2, 0.25) is 0 Å². The van der Waals surface area contributed by atoms with Crippen molar-refractivity contribution < 1.29 is 9.78 Å². The molecule has 2 heteroatoms. The highest BCUT2D eigenvalue weighted by molar-refractivity contribution is 4.65. The highest BCUT2D eigenvalue weighted by Gasteiger charge is 2.16. The van der Waals surface area contributed by atoms with Crippen molar-refractivity contribution in [3.63, 3.8) is 0 Å². The smallest absolute Gasteiger partial charge is 0.0977 e. The summed E-state index contributed by atoms with van der Waals surface area (Å²) in [6.45, 7) is 10.2. The lowest BCUT2D eigenvalue weighted by Gasteiger charge is -2.20. The monoisotopic (exact) mass is 158 g/mol. The molecule has 0 aliphatic heterocycles. The van der Waals surface area contributed by atoms with Crippen LogP contribution < -0.4 is 0 Å². The predicted octanol–water partition coefficient (Wildman–Crippen LogP) is 2.70. The lowest BCUT2D eigenvalue weighted by atomic mass is 10.1. The third-order valence-corrected chi connectivity index (χ3v) is 1.54. The van der Waals surface area contributed by atoms with Crippen molar-refractivity contribution in [1.29, 1.82) is 0 Å². The van der Waals surface area contributed by atoms with Crippen LogP contribution in [0.3, 0.4) is 0 Å². The van der Waals surface area contributed by atoms with Gasteiger partial charge in [0.1, 0.15) is 0 Å². The maximum Gasteiger partial charge on any atom is 0.0977 e. The van der Waals surface area contributed by atoms with E-state index in [0.717, 1.165) is 12.8 Å². The Morgan fingerprint density at radius 2 is 2.09 bits per heavy atom. The summed E-state index contributed by atoms with van der Waals surface area (Å²) in [5.41, 5.74) is -0.166. The molecule has 0 saturated heterocycles. The summed E-state index contributed by atoms with van der Waals surface area (Å²) < 4.78 is 0. The van der Waals surface area contributed by atoms with Gasteiger partial charge in [0.15, 0.2) is 0 Å². The van der Waals surface area contributed by atoms with E-state index in [-0.39, 0.29) is 5.60 Å². The van der Waals surface area contributed by atoms with Crippen LogP contribution in [0.2, 0.25) is 0 Å². The summed E-state index contributed by atoms with van der Waals surface area (Å²) in [5.74, 6) is 0. The molecule has 0 unspecified atom stereocenters. The van der Waals surface area contributed by atoms with Crippen molar-refractivity contribution >= 4 is 0 Å². The Kier molecular flexibility index (Phi) is 5.16. The molecule has 0 fully saturated rings. The zero-order valence-electron chi connectivity index (χ0n) is 7.72. The maximum absolute atomic E-state index is 5.13. The summed E-state index contributed by atoms with van der Waals surface area (Å²) in [4.78, 5) is 10.1. The average molecular weight is 158 g/mol. The maximum atomic E-state index is 5.13. The topological polar surface area (TPSA) is 18.5 Å². The van der Waals surface area contributed by atoms with Crippen LogP contribution in [0.4, 0.5) is 0 Å². The van der Waals surface area contributed by atoms with E-state index in [1.54, 1.807) is 0 Å². The number of hydrogen-bond acceptors (Lipinski definition) is 2. The van der Waals surface area contributed by atoms with Gasteiger partial charge in [-0.05, 0) is 26.7 Å². The summed E-state index contributed by atoms with van der Waals surface area (Å²) in [6.07, 6.45) is 3.59. The quantitative estimate of drug-likeness (QED) is 0.256. The number of rotatable bonds is 6. The van der Waals surface area contributed by atoms with Crippen molar-refractivity contribution in [3.05, 3.63) is 12.7 Å². The first-order valence-electron chi connectivity index (χ1n) is 4.04. The van der Waals surface area contributed by atoms with E-state index in [9.17, 15) is 0 Å². The molecule has 0 aromatic rings. The van der Waals surface area contributed by atoms with Gasteiger partial charge >= 0.3 is 0 Å². The number of hydrogen-bond donors (Lipinski definition) is 0. The van der Waals surface area contributed by atoms with Gasteiger partial charge in [0, 0.05) is 0 Å². The largest absolute Gasteiger partial charge is 0.236 e. The molecule has 0 radical (unpaired) electrons. The van der Waals surface area contributed by atoms with Crippen LogP contribution in [0, 0.1) is 0 Å². The molecular weight excluding hydrogens is 140 g/mol. The molecule has 0 aromatic heterocycles. The lowest BCUT2D eigenvalue weighted by molar-refractivity contribution is -0.352. The van der Waals surface area contributed by atoms with Gasteiger partial charge in [-0.2, -0.15) is 0 Å². The minimum absolute atomic E-state index is 0.166. The highest BCUT2D eigenvalue weighted by atomic mass is 17.2. The van der Waals surface area contributed by atoms with E-state index in [0.29, 0.717) is 6.61 Å². The summed E-state index contributed by atoms with van der Waals surface area (Å²) in [6, 6.07) is 0. The highest BCUT2D eigenvalue weighted by Crippen LogP contribution is 2.13. The Morgan fingerprint density at radius 1 is 1.45 bits per heavy atom. The standard InChI is InChI=1S/C9H18O2/c1-5-7-8-10-11-9(3,4)6-2/h5H,1,6-8H2,2-4H3. The van der Waals surface area contributed by atoms with Gasteiger partial charge in [0.25, 0.3) is 0 Å². The molecule has 0 amide bonds. The zero-order chi connectivity index (χ0) is 8.74. The van der Waals surface area contributed by atoms with Gasteiger partial charge in [-0.1, -0.05) is 13.0 Å². The fraction of sp³-hybridized carbons (Fsp3) is 0.778. The Morgan fingerprint density at radius 3 is 2.55 bits per heavy atom. The molecule has 0 heterocycles.